The SMILES string of the molecule is COC(=O)c1cc(C)ccc1NC(=O)CNC(C)=O. The van der Waals surface area contributed by atoms with Gasteiger partial charge in [-0.05, 0) is 19.1 Å². The average molecular weight is 264 g/mol. The van der Waals surface area contributed by atoms with E-state index in [4.69, 9.17) is 0 Å². The van der Waals surface area contributed by atoms with E-state index in [9.17, 15) is 14.4 Å². The first-order chi connectivity index (χ1) is 8.93. The first kappa shape index (κ1) is 14.7. The molecular formula is C13H16N2O4. The second-order valence-electron chi connectivity index (χ2n) is 4.00. The number of hydrogen-bond donors (Lipinski definition) is 2. The monoisotopic (exact) mass is 264 g/mol. The lowest BCUT2D eigenvalue weighted by molar-refractivity contribution is -0.122. The van der Waals surface area contributed by atoms with Gasteiger partial charge in [0.1, 0.15) is 0 Å². The van der Waals surface area contributed by atoms with Gasteiger partial charge in [-0.1, -0.05) is 11.6 Å². The van der Waals surface area contributed by atoms with Gasteiger partial charge in [0.15, 0.2) is 0 Å². The Hall–Kier alpha value is -2.37. The molecule has 0 saturated heterocycles. The van der Waals surface area contributed by atoms with E-state index in [-0.39, 0.29) is 18.0 Å². The molecule has 0 radical (unpaired) electrons. The third-order valence-corrected chi connectivity index (χ3v) is 2.35. The largest absolute Gasteiger partial charge is 0.465 e. The summed E-state index contributed by atoms with van der Waals surface area (Å²) in [7, 11) is 1.27. The van der Waals surface area contributed by atoms with Crippen LogP contribution in [0, 0.1) is 6.92 Å². The lowest BCUT2D eigenvalue weighted by atomic mass is 10.1. The normalized spacial score (nSPS) is 9.63. The van der Waals surface area contributed by atoms with E-state index in [1.165, 1.54) is 14.0 Å². The highest BCUT2D eigenvalue weighted by Gasteiger charge is 2.14. The number of nitrogens with one attached hydrogen (secondary N) is 2. The van der Waals surface area contributed by atoms with E-state index in [1.54, 1.807) is 18.2 Å². The molecule has 0 saturated carbocycles. The topological polar surface area (TPSA) is 84.5 Å². The number of rotatable bonds is 4. The van der Waals surface area contributed by atoms with Crippen LogP contribution < -0.4 is 10.6 Å². The summed E-state index contributed by atoms with van der Waals surface area (Å²) < 4.78 is 4.65. The molecule has 102 valence electrons. The van der Waals surface area contributed by atoms with E-state index < -0.39 is 11.9 Å². The Morgan fingerprint density at radius 3 is 2.53 bits per heavy atom. The number of anilines is 1. The highest BCUT2D eigenvalue weighted by molar-refractivity contribution is 6.02. The quantitative estimate of drug-likeness (QED) is 0.790. The van der Waals surface area contributed by atoms with Crippen molar-refractivity contribution in [2.24, 2.45) is 0 Å². The van der Waals surface area contributed by atoms with Crippen molar-refractivity contribution in [2.75, 3.05) is 19.0 Å². The minimum Gasteiger partial charge on any atom is -0.465 e. The molecule has 1 aromatic rings. The van der Waals surface area contributed by atoms with E-state index >= 15 is 0 Å². The van der Waals surface area contributed by atoms with Gasteiger partial charge < -0.3 is 15.4 Å². The van der Waals surface area contributed by atoms with Crippen LogP contribution in [0.2, 0.25) is 0 Å². The van der Waals surface area contributed by atoms with E-state index in [2.05, 4.69) is 15.4 Å². The highest BCUT2D eigenvalue weighted by atomic mass is 16.5. The second kappa shape index (κ2) is 6.53. The van der Waals surface area contributed by atoms with Gasteiger partial charge in [-0.2, -0.15) is 0 Å². The molecule has 0 aliphatic carbocycles. The zero-order valence-corrected chi connectivity index (χ0v) is 11.1. The number of amides is 2. The summed E-state index contributed by atoms with van der Waals surface area (Å²) in [6.07, 6.45) is 0. The first-order valence-corrected chi connectivity index (χ1v) is 5.67. The number of benzene rings is 1. The Bertz CT molecular complexity index is 511. The summed E-state index contributed by atoms with van der Waals surface area (Å²) in [5.41, 5.74) is 1.51. The third-order valence-electron chi connectivity index (χ3n) is 2.35. The summed E-state index contributed by atoms with van der Waals surface area (Å²) in [6, 6.07) is 5.01. The lowest BCUT2D eigenvalue weighted by Gasteiger charge is -2.10. The van der Waals surface area contributed by atoms with Gasteiger partial charge in [0.25, 0.3) is 0 Å². The van der Waals surface area contributed by atoms with Crippen molar-refractivity contribution in [3.05, 3.63) is 29.3 Å². The molecule has 0 heterocycles. The van der Waals surface area contributed by atoms with Crippen LogP contribution in [0.25, 0.3) is 0 Å². The average Bonchev–Trinajstić information content (AvgIpc) is 2.37. The molecule has 0 unspecified atom stereocenters. The van der Waals surface area contributed by atoms with Crippen molar-refractivity contribution in [3.63, 3.8) is 0 Å². The number of methoxy groups -OCH3 is 1. The molecule has 2 N–H and O–H groups in total. The molecule has 0 bridgehead atoms. The number of carbonyl (C=O) groups is 3. The lowest BCUT2D eigenvalue weighted by Crippen LogP contribution is -2.31. The third kappa shape index (κ3) is 4.42. The van der Waals surface area contributed by atoms with Crippen LogP contribution in [0.3, 0.4) is 0 Å². The van der Waals surface area contributed by atoms with Crippen molar-refractivity contribution in [1.29, 1.82) is 0 Å². The fourth-order valence-corrected chi connectivity index (χ4v) is 1.45. The second-order valence-corrected chi connectivity index (χ2v) is 4.00. The zero-order chi connectivity index (χ0) is 14.4. The molecule has 1 rings (SSSR count). The Kier molecular flexibility index (Phi) is 5.05. The fraction of sp³-hybridized carbons (Fsp3) is 0.308. The van der Waals surface area contributed by atoms with Gasteiger partial charge in [0, 0.05) is 6.92 Å². The van der Waals surface area contributed by atoms with Gasteiger partial charge in [-0.15, -0.1) is 0 Å². The summed E-state index contributed by atoms with van der Waals surface area (Å²) in [5.74, 6) is -1.24. The molecule has 1 aromatic carbocycles. The maximum atomic E-state index is 11.6. The number of esters is 1. The molecule has 0 atom stereocenters. The van der Waals surface area contributed by atoms with Crippen molar-refractivity contribution in [3.8, 4) is 0 Å². The summed E-state index contributed by atoms with van der Waals surface area (Å²) in [5, 5.41) is 4.93. The number of carbonyl (C=O) groups excluding carboxylic acids is 3. The molecule has 0 spiro atoms. The van der Waals surface area contributed by atoms with Crippen molar-refractivity contribution >= 4 is 23.5 Å². The van der Waals surface area contributed by atoms with Gasteiger partial charge in [0.2, 0.25) is 11.8 Å². The maximum absolute atomic E-state index is 11.6. The molecule has 6 nitrogen and oxygen atoms in total. The predicted molar refractivity (Wildman–Crippen MR) is 69.8 cm³/mol. The predicted octanol–water partition coefficient (Wildman–Crippen LogP) is 0.856. The van der Waals surface area contributed by atoms with Crippen LogP contribution in [0.1, 0.15) is 22.8 Å². The number of ether oxygens (including phenoxy) is 1. The van der Waals surface area contributed by atoms with Crippen LogP contribution in [0.15, 0.2) is 18.2 Å². The first-order valence-electron chi connectivity index (χ1n) is 5.67. The van der Waals surface area contributed by atoms with Gasteiger partial charge in [-0.25, -0.2) is 4.79 Å². The summed E-state index contributed by atoms with van der Waals surface area (Å²) in [6.45, 7) is 3.00. The van der Waals surface area contributed by atoms with Gasteiger partial charge in [-0.3, -0.25) is 9.59 Å². The molecular weight excluding hydrogens is 248 g/mol. The molecule has 0 aliphatic rings. The zero-order valence-electron chi connectivity index (χ0n) is 11.1. The molecule has 0 fully saturated rings. The smallest absolute Gasteiger partial charge is 0.339 e. The van der Waals surface area contributed by atoms with Crippen molar-refractivity contribution < 1.29 is 19.1 Å². The molecule has 19 heavy (non-hydrogen) atoms. The van der Waals surface area contributed by atoms with Crippen LogP contribution in [-0.4, -0.2) is 31.4 Å². The van der Waals surface area contributed by atoms with Crippen LogP contribution in [0.5, 0.6) is 0 Å². The van der Waals surface area contributed by atoms with Gasteiger partial charge >= 0.3 is 5.97 Å². The number of aryl methyl sites for hydroxylation is 1. The maximum Gasteiger partial charge on any atom is 0.339 e. The highest BCUT2D eigenvalue weighted by Crippen LogP contribution is 2.18. The Morgan fingerprint density at radius 2 is 1.95 bits per heavy atom. The van der Waals surface area contributed by atoms with Crippen LogP contribution in [-0.2, 0) is 14.3 Å². The van der Waals surface area contributed by atoms with E-state index in [1.807, 2.05) is 6.92 Å². The van der Waals surface area contributed by atoms with E-state index in [0.29, 0.717) is 5.69 Å². The number of hydrogen-bond acceptors (Lipinski definition) is 4. The Morgan fingerprint density at radius 1 is 1.26 bits per heavy atom. The molecule has 0 aliphatic heterocycles. The summed E-state index contributed by atoms with van der Waals surface area (Å²) >= 11 is 0. The van der Waals surface area contributed by atoms with Crippen molar-refractivity contribution in [2.45, 2.75) is 13.8 Å². The molecule has 6 heteroatoms. The minimum atomic E-state index is -0.529. The molecule has 0 aromatic heterocycles. The standard InChI is InChI=1S/C13H16N2O4/c1-8-4-5-11(10(6-8)13(18)19-3)15-12(17)7-14-9(2)16/h4-6H,7H2,1-3H3,(H,14,16)(H,15,17). The summed E-state index contributed by atoms with van der Waals surface area (Å²) in [4.78, 5) is 33.9. The van der Waals surface area contributed by atoms with Gasteiger partial charge in [0.05, 0.1) is 24.9 Å². The fourth-order valence-electron chi connectivity index (χ4n) is 1.45. The van der Waals surface area contributed by atoms with Crippen molar-refractivity contribution in [1.82, 2.24) is 5.32 Å². The Balaban J connectivity index is 2.85. The molecule has 2 amide bonds. The minimum absolute atomic E-state index is 0.149. The van der Waals surface area contributed by atoms with Crippen LogP contribution in [0.4, 0.5) is 5.69 Å². The van der Waals surface area contributed by atoms with E-state index in [0.717, 1.165) is 5.56 Å². The van der Waals surface area contributed by atoms with Crippen LogP contribution >= 0.6 is 0 Å². The Labute approximate surface area is 111 Å².